The number of aliphatic hydroxyl groups is 1. The zero-order valence-corrected chi connectivity index (χ0v) is 12.7. The maximum Gasteiger partial charge on any atom is 0.0574 e. The van der Waals surface area contributed by atoms with Crippen molar-refractivity contribution in [1.82, 2.24) is 10.3 Å². The Kier molecular flexibility index (Phi) is 5.80. The molecular weight excluding hydrogens is 250 g/mol. The fraction of sp³-hybridized carbons (Fsp3) is 0.688. The van der Waals surface area contributed by atoms with Gasteiger partial charge in [-0.3, -0.25) is 4.98 Å². The molecule has 1 aliphatic heterocycles. The predicted molar refractivity (Wildman–Crippen MR) is 83.0 cm³/mol. The summed E-state index contributed by atoms with van der Waals surface area (Å²) in [6, 6.07) is 4.66. The predicted octanol–water partition coefficient (Wildman–Crippen LogP) is 2.35. The molecule has 2 unspecified atom stereocenters. The number of piperidine rings is 1. The molecule has 0 spiro atoms. The van der Waals surface area contributed by atoms with Crippen molar-refractivity contribution < 1.29 is 5.11 Å². The maximum atomic E-state index is 9.09. The first-order chi connectivity index (χ1) is 9.78. The van der Waals surface area contributed by atoms with E-state index in [-0.39, 0.29) is 0 Å². The average molecular weight is 277 g/mol. The summed E-state index contributed by atoms with van der Waals surface area (Å²) in [6.45, 7) is 4.62. The molecule has 1 fully saturated rings. The smallest absolute Gasteiger partial charge is 0.0574 e. The molecule has 4 nitrogen and oxygen atoms in total. The van der Waals surface area contributed by atoms with Crippen molar-refractivity contribution >= 4 is 5.69 Å². The summed E-state index contributed by atoms with van der Waals surface area (Å²) in [7, 11) is 1.98. The van der Waals surface area contributed by atoms with E-state index in [1.165, 1.54) is 18.5 Å². The normalized spacial score (nSPS) is 20.9. The topological polar surface area (TPSA) is 48.4 Å². The average Bonchev–Trinajstić information content (AvgIpc) is 2.50. The molecule has 0 aliphatic carbocycles. The van der Waals surface area contributed by atoms with Crippen LogP contribution >= 0.6 is 0 Å². The second-order valence-corrected chi connectivity index (χ2v) is 5.66. The van der Waals surface area contributed by atoms with Gasteiger partial charge in [-0.1, -0.05) is 6.92 Å². The Labute approximate surface area is 122 Å². The minimum atomic E-state index is 0.302. The van der Waals surface area contributed by atoms with Crippen LogP contribution in [0, 0.1) is 5.92 Å². The fourth-order valence-corrected chi connectivity index (χ4v) is 3.07. The van der Waals surface area contributed by atoms with Gasteiger partial charge in [-0.05, 0) is 50.8 Å². The number of rotatable bonds is 6. The van der Waals surface area contributed by atoms with E-state index in [1.54, 1.807) is 0 Å². The minimum Gasteiger partial charge on any atom is -0.396 e. The van der Waals surface area contributed by atoms with E-state index in [4.69, 9.17) is 5.11 Å². The molecule has 1 saturated heterocycles. The van der Waals surface area contributed by atoms with Gasteiger partial charge in [-0.15, -0.1) is 0 Å². The van der Waals surface area contributed by atoms with Gasteiger partial charge < -0.3 is 15.3 Å². The number of anilines is 1. The van der Waals surface area contributed by atoms with Crippen LogP contribution in [0.25, 0.3) is 0 Å². The van der Waals surface area contributed by atoms with E-state index >= 15 is 0 Å². The number of aromatic nitrogens is 1. The molecule has 1 aromatic rings. The summed E-state index contributed by atoms with van der Waals surface area (Å²) >= 11 is 0. The van der Waals surface area contributed by atoms with E-state index in [2.05, 4.69) is 34.3 Å². The highest BCUT2D eigenvalue weighted by molar-refractivity contribution is 5.45. The van der Waals surface area contributed by atoms with Crippen molar-refractivity contribution in [3.63, 3.8) is 0 Å². The van der Waals surface area contributed by atoms with E-state index in [1.807, 2.05) is 13.2 Å². The summed E-state index contributed by atoms with van der Waals surface area (Å²) in [5, 5.41) is 12.4. The molecule has 0 radical (unpaired) electrons. The molecule has 0 aromatic carbocycles. The van der Waals surface area contributed by atoms with Gasteiger partial charge in [-0.25, -0.2) is 0 Å². The molecule has 1 aromatic heterocycles. The van der Waals surface area contributed by atoms with Crippen molar-refractivity contribution in [3.8, 4) is 0 Å². The van der Waals surface area contributed by atoms with Gasteiger partial charge in [0.2, 0.25) is 0 Å². The standard InChI is InChI=1S/C16H27N3O/c1-3-15(17-2)16-7-6-14(11-18-16)19-9-4-5-13(12-19)8-10-20/h6-7,11,13,15,17,20H,3-5,8-10,12H2,1-2H3. The lowest BCUT2D eigenvalue weighted by atomic mass is 9.95. The molecule has 2 atom stereocenters. The highest BCUT2D eigenvalue weighted by Crippen LogP contribution is 2.25. The molecule has 2 N–H and O–H groups in total. The Morgan fingerprint density at radius 3 is 2.95 bits per heavy atom. The van der Waals surface area contributed by atoms with Crippen molar-refractivity contribution in [2.24, 2.45) is 5.92 Å². The van der Waals surface area contributed by atoms with Gasteiger partial charge >= 0.3 is 0 Å². The van der Waals surface area contributed by atoms with Crippen molar-refractivity contribution in [2.45, 2.75) is 38.6 Å². The number of pyridine rings is 1. The van der Waals surface area contributed by atoms with Crippen molar-refractivity contribution in [2.75, 3.05) is 31.6 Å². The first-order valence-corrected chi connectivity index (χ1v) is 7.77. The molecule has 0 amide bonds. The number of nitrogens with one attached hydrogen (secondary N) is 1. The van der Waals surface area contributed by atoms with Crippen LogP contribution in [0.2, 0.25) is 0 Å². The lowest BCUT2D eigenvalue weighted by Crippen LogP contribution is -2.35. The molecule has 4 heteroatoms. The summed E-state index contributed by atoms with van der Waals surface area (Å²) in [5.74, 6) is 0.620. The Bertz CT molecular complexity index is 387. The van der Waals surface area contributed by atoms with Crippen LogP contribution in [0.3, 0.4) is 0 Å². The Morgan fingerprint density at radius 1 is 1.50 bits per heavy atom. The third kappa shape index (κ3) is 3.70. The Morgan fingerprint density at radius 2 is 2.35 bits per heavy atom. The molecule has 2 heterocycles. The van der Waals surface area contributed by atoms with Crippen LogP contribution in [0.5, 0.6) is 0 Å². The first-order valence-electron chi connectivity index (χ1n) is 7.77. The van der Waals surface area contributed by atoms with Crippen LogP contribution in [0.15, 0.2) is 18.3 Å². The van der Waals surface area contributed by atoms with E-state index in [9.17, 15) is 0 Å². The lowest BCUT2D eigenvalue weighted by molar-refractivity contribution is 0.244. The molecule has 0 bridgehead atoms. The largest absolute Gasteiger partial charge is 0.396 e. The van der Waals surface area contributed by atoms with E-state index in [0.717, 1.165) is 31.6 Å². The summed E-state index contributed by atoms with van der Waals surface area (Å²) < 4.78 is 0. The van der Waals surface area contributed by atoms with Crippen LogP contribution < -0.4 is 10.2 Å². The van der Waals surface area contributed by atoms with Gasteiger partial charge in [0.25, 0.3) is 0 Å². The van der Waals surface area contributed by atoms with Crippen molar-refractivity contribution in [3.05, 3.63) is 24.0 Å². The van der Waals surface area contributed by atoms with Gasteiger partial charge in [0.05, 0.1) is 17.6 Å². The highest BCUT2D eigenvalue weighted by atomic mass is 16.3. The Hall–Kier alpha value is -1.13. The zero-order chi connectivity index (χ0) is 14.4. The fourth-order valence-electron chi connectivity index (χ4n) is 3.07. The molecule has 1 aliphatic rings. The number of hydrogen-bond donors (Lipinski definition) is 2. The molecule has 20 heavy (non-hydrogen) atoms. The van der Waals surface area contributed by atoms with Crippen molar-refractivity contribution in [1.29, 1.82) is 0 Å². The second kappa shape index (κ2) is 7.60. The van der Waals surface area contributed by atoms with Gasteiger partial charge in [0.1, 0.15) is 0 Å². The van der Waals surface area contributed by atoms with Crippen LogP contribution in [0.1, 0.15) is 44.3 Å². The summed E-state index contributed by atoms with van der Waals surface area (Å²) in [6.07, 6.45) is 6.40. The highest BCUT2D eigenvalue weighted by Gasteiger charge is 2.20. The maximum absolute atomic E-state index is 9.09. The Balaban J connectivity index is 2.02. The van der Waals surface area contributed by atoms with Gasteiger partial charge in [0.15, 0.2) is 0 Å². The third-order valence-corrected chi connectivity index (χ3v) is 4.31. The van der Waals surface area contributed by atoms with E-state index in [0.29, 0.717) is 18.6 Å². The number of aliphatic hydroxyl groups excluding tert-OH is 1. The zero-order valence-electron chi connectivity index (χ0n) is 12.7. The molecule has 2 rings (SSSR count). The van der Waals surface area contributed by atoms with Crippen LogP contribution in [-0.4, -0.2) is 36.8 Å². The van der Waals surface area contributed by atoms with Gasteiger partial charge in [-0.2, -0.15) is 0 Å². The quantitative estimate of drug-likeness (QED) is 0.838. The molecule has 112 valence electrons. The molecule has 0 saturated carbocycles. The first kappa shape index (κ1) is 15.3. The summed E-state index contributed by atoms with van der Waals surface area (Å²) in [5.41, 5.74) is 2.32. The second-order valence-electron chi connectivity index (χ2n) is 5.66. The summed E-state index contributed by atoms with van der Waals surface area (Å²) in [4.78, 5) is 7.02. The number of nitrogens with zero attached hydrogens (tertiary/aromatic N) is 2. The van der Waals surface area contributed by atoms with Gasteiger partial charge in [0, 0.05) is 25.7 Å². The number of hydrogen-bond acceptors (Lipinski definition) is 4. The van der Waals surface area contributed by atoms with Crippen LogP contribution in [-0.2, 0) is 0 Å². The lowest BCUT2D eigenvalue weighted by Gasteiger charge is -2.34. The third-order valence-electron chi connectivity index (χ3n) is 4.31. The minimum absolute atomic E-state index is 0.302. The monoisotopic (exact) mass is 277 g/mol. The SMILES string of the molecule is CCC(NC)c1ccc(N2CCCC(CCO)C2)cn1. The molecular formula is C16H27N3O. The van der Waals surface area contributed by atoms with Crippen LogP contribution in [0.4, 0.5) is 5.69 Å². The van der Waals surface area contributed by atoms with E-state index < -0.39 is 0 Å².